The second-order valence-corrected chi connectivity index (χ2v) is 13.6. The molecular formula is C34H45BClN5O8. The highest BCUT2D eigenvalue weighted by Crippen LogP contribution is 2.53. The van der Waals surface area contributed by atoms with Crippen LogP contribution in [0.3, 0.4) is 0 Å². The summed E-state index contributed by atoms with van der Waals surface area (Å²) in [6.07, 6.45) is 11.0. The maximum Gasteiger partial charge on any atom is 0.475 e. The molecule has 7 atom stereocenters. The number of carbonyl (C=O) groups is 4. The van der Waals surface area contributed by atoms with E-state index in [0.29, 0.717) is 18.7 Å². The molecule has 2 aliphatic heterocycles. The van der Waals surface area contributed by atoms with E-state index in [2.05, 4.69) is 25.9 Å². The first-order valence-electron chi connectivity index (χ1n) is 16.6. The van der Waals surface area contributed by atoms with Crippen LogP contribution in [-0.2, 0) is 25.5 Å². The third-order valence-corrected chi connectivity index (χ3v) is 9.58. The van der Waals surface area contributed by atoms with Crippen molar-refractivity contribution >= 4 is 42.4 Å². The van der Waals surface area contributed by atoms with Crippen molar-refractivity contribution in [2.75, 3.05) is 5.88 Å². The van der Waals surface area contributed by atoms with Gasteiger partial charge in [-0.25, -0.2) is 9.78 Å². The number of nitrogens with zero attached hydrogens (tertiary/aromatic N) is 2. The van der Waals surface area contributed by atoms with Crippen molar-refractivity contribution in [3.8, 4) is 0 Å². The lowest BCUT2D eigenvalue weighted by atomic mass is 9.64. The van der Waals surface area contributed by atoms with E-state index in [1.54, 1.807) is 6.92 Å². The molecule has 49 heavy (non-hydrogen) atoms. The molecule has 0 radical (unpaired) electrons. The molecule has 1 aromatic heterocycles. The quantitative estimate of drug-likeness (QED) is 0.0771. The number of fused-ring (bicyclic) bond motifs is 1. The van der Waals surface area contributed by atoms with Gasteiger partial charge in [0.1, 0.15) is 11.7 Å². The Labute approximate surface area is 291 Å². The van der Waals surface area contributed by atoms with Gasteiger partial charge in [0, 0.05) is 30.6 Å². The van der Waals surface area contributed by atoms with Crippen molar-refractivity contribution in [1.29, 1.82) is 0 Å². The molecule has 6 N–H and O–H groups in total. The van der Waals surface area contributed by atoms with Crippen molar-refractivity contribution < 1.29 is 39.1 Å². The fourth-order valence-corrected chi connectivity index (χ4v) is 6.96. The molecule has 3 heterocycles. The molecule has 0 bridgehead atoms. The first kappa shape index (κ1) is 38.0. The summed E-state index contributed by atoms with van der Waals surface area (Å²) in [6, 6.07) is 8.33. The van der Waals surface area contributed by atoms with Crippen LogP contribution in [0.25, 0.3) is 0 Å². The number of esters is 1. The molecule has 2 aromatic rings. The number of rotatable bonds is 13. The molecule has 5 unspecified atom stereocenters. The van der Waals surface area contributed by atoms with Crippen LogP contribution in [0.5, 0.6) is 0 Å². The Bertz CT molecular complexity index is 1490. The zero-order valence-electron chi connectivity index (χ0n) is 27.9. The number of nitrogens with one attached hydrogen (secondary N) is 3. The molecule has 1 aromatic carbocycles. The summed E-state index contributed by atoms with van der Waals surface area (Å²) in [5, 5.41) is 38.0. The zero-order chi connectivity index (χ0) is 35.8. The smallest absolute Gasteiger partial charge is 0.453 e. The zero-order valence-corrected chi connectivity index (χ0v) is 28.7. The van der Waals surface area contributed by atoms with Crippen molar-refractivity contribution in [2.24, 2.45) is 17.8 Å². The fraction of sp³-hybridized carbons (Fsp3) is 0.529. The van der Waals surface area contributed by atoms with E-state index in [1.165, 1.54) is 18.6 Å². The summed E-state index contributed by atoms with van der Waals surface area (Å²) in [4.78, 5) is 57.5. The summed E-state index contributed by atoms with van der Waals surface area (Å²) >= 11 is 5.76. The maximum atomic E-state index is 12.8. The number of amides is 3. The van der Waals surface area contributed by atoms with Crippen molar-refractivity contribution in [3.63, 3.8) is 0 Å². The van der Waals surface area contributed by atoms with Crippen LogP contribution < -0.4 is 16.0 Å². The molecule has 2 fully saturated rings. The van der Waals surface area contributed by atoms with Crippen LogP contribution in [0.1, 0.15) is 68.9 Å². The predicted octanol–water partition coefficient (Wildman–Crippen LogP) is 1.49. The van der Waals surface area contributed by atoms with Gasteiger partial charge in [-0.05, 0) is 50.5 Å². The van der Waals surface area contributed by atoms with E-state index in [4.69, 9.17) is 16.3 Å². The van der Waals surface area contributed by atoms with Crippen LogP contribution in [-0.4, -0.2) is 91.0 Å². The Morgan fingerprint density at radius 3 is 2.47 bits per heavy atom. The summed E-state index contributed by atoms with van der Waals surface area (Å²) < 4.78 is 5.34. The Morgan fingerprint density at radius 1 is 1.16 bits per heavy atom. The van der Waals surface area contributed by atoms with Gasteiger partial charge < -0.3 is 35.8 Å². The number of aliphatic hydroxyl groups is 1. The van der Waals surface area contributed by atoms with Gasteiger partial charge in [0.2, 0.25) is 17.4 Å². The standard InChI is InChI=1S/C19H25BN4O4.C15H20ClNO4/c1-13(2)10-17(20(27)28)24-18(25)15(11-14-6-4-3-5-7-14)23-19(26)16-12-21-8-9-22-16;1-14-10(7-8-16)12(19)17-15(14,13(20)21-14)11(18)9-5-3-2-4-6-9/h3-9,12-13,15,17,27-28H,10-11H2,1-2H3,(H,23,26)(H,24,25);3,5,9-11,18H,2,4,6-8H2,1H3,(H,17,19)/t;9?,10?,11-,14-,15?/m.0/s1. The number of allylic oxidation sites excluding steroid dienone is 1. The Balaban J connectivity index is 0.000000229. The van der Waals surface area contributed by atoms with Crippen LogP contribution in [0, 0.1) is 17.8 Å². The van der Waals surface area contributed by atoms with E-state index in [-0.39, 0.29) is 29.9 Å². The number of benzene rings is 1. The number of aromatic nitrogens is 2. The highest BCUT2D eigenvalue weighted by Gasteiger charge is 2.79. The van der Waals surface area contributed by atoms with Gasteiger partial charge in [-0.3, -0.25) is 19.4 Å². The first-order chi connectivity index (χ1) is 23.3. The normalized spacial score (nSPS) is 25.7. The van der Waals surface area contributed by atoms with Gasteiger partial charge in [0.25, 0.3) is 5.91 Å². The first-order valence-corrected chi connectivity index (χ1v) is 17.1. The Morgan fingerprint density at radius 2 is 1.90 bits per heavy atom. The summed E-state index contributed by atoms with van der Waals surface area (Å²) in [5.74, 6) is -2.86. The average molecular weight is 698 g/mol. The minimum Gasteiger partial charge on any atom is -0.453 e. The molecule has 3 amide bonds. The third kappa shape index (κ3) is 8.49. The van der Waals surface area contributed by atoms with E-state index in [0.717, 1.165) is 24.8 Å². The van der Waals surface area contributed by atoms with Gasteiger partial charge in [-0.15, -0.1) is 11.6 Å². The fourth-order valence-electron chi connectivity index (χ4n) is 6.74. The lowest BCUT2D eigenvalue weighted by Gasteiger charge is -2.54. The molecule has 2 saturated heterocycles. The third-order valence-electron chi connectivity index (χ3n) is 9.36. The maximum absolute atomic E-state index is 12.8. The van der Waals surface area contributed by atoms with Gasteiger partial charge in [0.15, 0.2) is 5.60 Å². The highest BCUT2D eigenvalue weighted by molar-refractivity contribution is 6.43. The molecule has 13 nitrogen and oxygen atoms in total. The van der Waals surface area contributed by atoms with Crippen LogP contribution >= 0.6 is 11.6 Å². The number of carbonyl (C=O) groups excluding carboxylic acids is 4. The molecule has 1 aliphatic carbocycles. The van der Waals surface area contributed by atoms with Crippen LogP contribution in [0.4, 0.5) is 0 Å². The summed E-state index contributed by atoms with van der Waals surface area (Å²) in [7, 11) is -1.69. The molecule has 15 heteroatoms. The summed E-state index contributed by atoms with van der Waals surface area (Å²) in [5.41, 5.74) is -1.39. The van der Waals surface area contributed by atoms with E-state index >= 15 is 0 Å². The number of halogens is 1. The molecule has 3 aliphatic rings. The number of hydrogen-bond acceptors (Lipinski definition) is 10. The van der Waals surface area contributed by atoms with Crippen molar-refractivity contribution in [3.05, 3.63) is 72.3 Å². The van der Waals surface area contributed by atoms with Crippen LogP contribution in [0.15, 0.2) is 61.1 Å². The van der Waals surface area contributed by atoms with Gasteiger partial charge >= 0.3 is 13.1 Å². The van der Waals surface area contributed by atoms with Gasteiger partial charge in [0.05, 0.1) is 24.2 Å². The van der Waals surface area contributed by atoms with Crippen molar-refractivity contribution in [1.82, 2.24) is 25.9 Å². The summed E-state index contributed by atoms with van der Waals surface area (Å²) in [6.45, 7) is 5.55. The second-order valence-electron chi connectivity index (χ2n) is 13.3. The number of alkyl halides is 1. The highest BCUT2D eigenvalue weighted by atomic mass is 35.5. The molecule has 5 rings (SSSR count). The van der Waals surface area contributed by atoms with E-state index in [9.17, 15) is 34.3 Å². The van der Waals surface area contributed by atoms with E-state index in [1.807, 2.05) is 56.3 Å². The van der Waals surface area contributed by atoms with Crippen LogP contribution in [0.2, 0.25) is 0 Å². The number of hydrogen-bond donors (Lipinski definition) is 6. The minimum absolute atomic E-state index is 0.0919. The number of aliphatic hydroxyl groups excluding tert-OH is 1. The lowest BCUT2D eigenvalue weighted by molar-refractivity contribution is -0.238. The Kier molecular flexibility index (Phi) is 12.9. The largest absolute Gasteiger partial charge is 0.475 e. The molecule has 0 saturated carbocycles. The molecule has 0 spiro atoms. The molecule has 264 valence electrons. The predicted molar refractivity (Wildman–Crippen MR) is 182 cm³/mol. The minimum atomic E-state index is -1.69. The topological polar surface area (TPSA) is 200 Å². The monoisotopic (exact) mass is 697 g/mol. The second kappa shape index (κ2) is 16.7. The van der Waals surface area contributed by atoms with Crippen molar-refractivity contribution in [2.45, 2.75) is 88.5 Å². The lowest BCUT2D eigenvalue weighted by Crippen LogP contribution is -2.80. The SMILES string of the molecule is CC(C)CC(NC(=O)C(Cc1ccccc1)NC(=O)c1cnccn1)B(O)O.C[C@@]12OC(=O)C1([C@@H](O)C1C=CCCC1)NC(=O)C2CCCl. The molecular weight excluding hydrogens is 653 g/mol. The average Bonchev–Trinajstić information content (AvgIpc) is 3.26. The van der Waals surface area contributed by atoms with Gasteiger partial charge in [-0.2, -0.15) is 0 Å². The number of ether oxygens (including phenoxy) is 1. The van der Waals surface area contributed by atoms with Gasteiger partial charge in [-0.1, -0.05) is 56.3 Å². The van der Waals surface area contributed by atoms with E-state index < -0.39 is 60.0 Å². The Hall–Kier alpha value is -3.85.